The van der Waals surface area contributed by atoms with Crippen LogP contribution in [0.2, 0.25) is 0 Å². The molecule has 2 atom stereocenters. The Morgan fingerprint density at radius 1 is 0.962 bits per heavy atom. The van der Waals surface area contributed by atoms with E-state index in [1.807, 2.05) is 48.5 Å². The van der Waals surface area contributed by atoms with E-state index >= 15 is 0 Å². The third kappa shape index (κ3) is 3.75. The molecule has 0 bridgehead atoms. The summed E-state index contributed by atoms with van der Waals surface area (Å²) in [5.74, 6) is 0.737. The summed E-state index contributed by atoms with van der Waals surface area (Å²) in [5.41, 5.74) is 1.53. The third-order valence-electron chi connectivity index (χ3n) is 5.70. The molecule has 1 aliphatic carbocycles. The summed E-state index contributed by atoms with van der Waals surface area (Å²) < 4.78 is 5.45. The van der Waals surface area contributed by atoms with Crippen molar-refractivity contribution in [3.63, 3.8) is 0 Å². The maximum atomic E-state index is 12.3. The number of nitrogens with zero attached hydrogens (tertiary/aromatic N) is 1. The molecule has 2 aromatic rings. The van der Waals surface area contributed by atoms with E-state index in [1.54, 1.807) is 4.90 Å². The summed E-state index contributed by atoms with van der Waals surface area (Å²) in [4.78, 5) is 14.1. The van der Waals surface area contributed by atoms with Gasteiger partial charge in [-0.25, -0.2) is 4.79 Å². The molecule has 1 saturated heterocycles. The fourth-order valence-corrected chi connectivity index (χ4v) is 4.54. The number of aliphatic hydroxyl groups is 1. The molecule has 2 unspecified atom stereocenters. The molecule has 2 fully saturated rings. The molecule has 4 nitrogen and oxygen atoms in total. The van der Waals surface area contributed by atoms with Crippen LogP contribution in [-0.4, -0.2) is 34.8 Å². The Labute approximate surface area is 154 Å². The van der Waals surface area contributed by atoms with Gasteiger partial charge in [0.25, 0.3) is 0 Å². The van der Waals surface area contributed by atoms with E-state index in [9.17, 15) is 9.90 Å². The number of carbonyl (C=O) groups is 1. The number of rotatable bonds is 4. The molecule has 1 saturated carbocycles. The first-order valence-electron chi connectivity index (χ1n) is 9.33. The fraction of sp³-hybridized carbons (Fsp3) is 0.409. The second kappa shape index (κ2) is 7.12. The molecule has 0 spiro atoms. The van der Waals surface area contributed by atoms with Crippen LogP contribution in [0.1, 0.15) is 24.0 Å². The molecule has 1 aliphatic heterocycles. The maximum Gasteiger partial charge on any atom is 0.410 e. The predicted molar refractivity (Wildman–Crippen MR) is 99.5 cm³/mol. The van der Waals surface area contributed by atoms with Crippen LogP contribution in [0.3, 0.4) is 0 Å². The number of hydrogen-bond donors (Lipinski definition) is 1. The molecule has 1 N–H and O–H groups in total. The molecule has 26 heavy (non-hydrogen) atoms. The van der Waals surface area contributed by atoms with E-state index in [0.29, 0.717) is 38.0 Å². The van der Waals surface area contributed by atoms with Gasteiger partial charge in [0.2, 0.25) is 0 Å². The predicted octanol–water partition coefficient (Wildman–Crippen LogP) is 3.64. The highest BCUT2D eigenvalue weighted by atomic mass is 16.6. The highest BCUT2D eigenvalue weighted by Gasteiger charge is 2.49. The standard InChI is InChI=1S/C22H25NO3/c24-21(26-16-18-9-5-2-6-10-18)23-14-19-12-22(25,13-20(19)15-23)11-17-7-3-1-4-8-17/h1-10,19-20,25H,11-16H2. The Balaban J connectivity index is 1.30. The lowest BCUT2D eigenvalue weighted by molar-refractivity contribution is 0.0337. The molecular formula is C22H25NO3. The minimum Gasteiger partial charge on any atom is -0.445 e. The number of carbonyl (C=O) groups excluding carboxylic acids is 1. The number of fused-ring (bicyclic) bond motifs is 1. The molecule has 2 aromatic carbocycles. The first-order valence-corrected chi connectivity index (χ1v) is 9.33. The lowest BCUT2D eigenvalue weighted by Crippen LogP contribution is -2.34. The van der Waals surface area contributed by atoms with Crippen LogP contribution in [0.4, 0.5) is 4.79 Å². The van der Waals surface area contributed by atoms with Gasteiger partial charge in [0.05, 0.1) is 5.60 Å². The van der Waals surface area contributed by atoms with E-state index in [1.165, 1.54) is 5.56 Å². The monoisotopic (exact) mass is 351 g/mol. The van der Waals surface area contributed by atoms with Crippen molar-refractivity contribution < 1.29 is 14.6 Å². The van der Waals surface area contributed by atoms with Crippen molar-refractivity contribution in [1.29, 1.82) is 0 Å². The number of hydrogen-bond acceptors (Lipinski definition) is 3. The van der Waals surface area contributed by atoms with Crippen LogP contribution in [0.25, 0.3) is 0 Å². The Bertz CT molecular complexity index is 732. The van der Waals surface area contributed by atoms with Crippen molar-refractivity contribution in [3.05, 3.63) is 71.8 Å². The lowest BCUT2D eigenvalue weighted by Gasteiger charge is -2.26. The van der Waals surface area contributed by atoms with Crippen molar-refractivity contribution in [2.24, 2.45) is 11.8 Å². The summed E-state index contributed by atoms with van der Waals surface area (Å²) in [5, 5.41) is 11.0. The average molecular weight is 351 g/mol. The van der Waals surface area contributed by atoms with E-state index in [0.717, 1.165) is 18.4 Å². The van der Waals surface area contributed by atoms with Crippen molar-refractivity contribution >= 4 is 6.09 Å². The Morgan fingerprint density at radius 3 is 2.08 bits per heavy atom. The van der Waals surface area contributed by atoms with Crippen LogP contribution in [0.5, 0.6) is 0 Å². The van der Waals surface area contributed by atoms with Gasteiger partial charge in [0.15, 0.2) is 0 Å². The molecule has 0 aromatic heterocycles. The first kappa shape index (κ1) is 17.1. The molecule has 136 valence electrons. The summed E-state index contributed by atoms with van der Waals surface area (Å²) >= 11 is 0. The molecule has 0 radical (unpaired) electrons. The van der Waals surface area contributed by atoms with Gasteiger partial charge in [-0.2, -0.15) is 0 Å². The zero-order valence-corrected chi connectivity index (χ0v) is 14.9. The zero-order chi connectivity index (χ0) is 18.0. The van der Waals surface area contributed by atoms with Gasteiger partial charge < -0.3 is 14.7 Å². The Morgan fingerprint density at radius 2 is 1.50 bits per heavy atom. The molecule has 1 amide bonds. The number of benzene rings is 2. The van der Waals surface area contributed by atoms with Gasteiger partial charge >= 0.3 is 6.09 Å². The van der Waals surface area contributed by atoms with Gasteiger partial charge in [-0.3, -0.25) is 0 Å². The number of amides is 1. The van der Waals surface area contributed by atoms with Gasteiger partial charge in [0, 0.05) is 19.5 Å². The van der Waals surface area contributed by atoms with Crippen LogP contribution in [0, 0.1) is 11.8 Å². The van der Waals surface area contributed by atoms with E-state index in [4.69, 9.17) is 4.74 Å². The molecule has 1 heterocycles. The van der Waals surface area contributed by atoms with Gasteiger partial charge in [-0.05, 0) is 35.8 Å². The zero-order valence-electron chi connectivity index (χ0n) is 14.9. The third-order valence-corrected chi connectivity index (χ3v) is 5.70. The van der Waals surface area contributed by atoms with E-state index < -0.39 is 5.60 Å². The first-order chi connectivity index (χ1) is 12.6. The summed E-state index contributed by atoms with van der Waals surface area (Å²) in [6.45, 7) is 1.69. The molecular weight excluding hydrogens is 326 g/mol. The molecule has 4 heteroatoms. The summed E-state index contributed by atoms with van der Waals surface area (Å²) in [6.07, 6.45) is 1.97. The Hall–Kier alpha value is -2.33. The van der Waals surface area contributed by atoms with Crippen LogP contribution >= 0.6 is 0 Å². The minimum absolute atomic E-state index is 0.241. The number of ether oxygens (including phenoxy) is 1. The summed E-state index contributed by atoms with van der Waals surface area (Å²) in [6, 6.07) is 19.9. The van der Waals surface area contributed by atoms with Crippen LogP contribution in [0.15, 0.2) is 60.7 Å². The highest BCUT2D eigenvalue weighted by molar-refractivity contribution is 5.68. The average Bonchev–Trinajstić information content (AvgIpc) is 3.16. The smallest absolute Gasteiger partial charge is 0.410 e. The van der Waals surface area contributed by atoms with Gasteiger partial charge in [-0.15, -0.1) is 0 Å². The largest absolute Gasteiger partial charge is 0.445 e. The fourth-order valence-electron chi connectivity index (χ4n) is 4.54. The van der Waals surface area contributed by atoms with Crippen molar-refractivity contribution in [2.75, 3.05) is 13.1 Å². The Kier molecular flexibility index (Phi) is 4.68. The van der Waals surface area contributed by atoms with Gasteiger partial charge in [-0.1, -0.05) is 60.7 Å². The SMILES string of the molecule is O=C(OCc1ccccc1)N1CC2CC(O)(Cc3ccccc3)CC2C1. The van der Waals surface area contributed by atoms with Gasteiger partial charge in [0.1, 0.15) is 6.61 Å². The minimum atomic E-state index is -0.642. The quantitative estimate of drug-likeness (QED) is 0.915. The van der Waals surface area contributed by atoms with Crippen LogP contribution in [-0.2, 0) is 17.8 Å². The summed E-state index contributed by atoms with van der Waals surface area (Å²) in [7, 11) is 0. The topological polar surface area (TPSA) is 49.8 Å². The molecule has 4 rings (SSSR count). The van der Waals surface area contributed by atoms with Crippen molar-refractivity contribution in [1.82, 2.24) is 4.90 Å². The van der Waals surface area contributed by atoms with E-state index in [2.05, 4.69) is 12.1 Å². The maximum absolute atomic E-state index is 12.3. The lowest BCUT2D eigenvalue weighted by atomic mass is 9.91. The van der Waals surface area contributed by atoms with Crippen molar-refractivity contribution in [3.8, 4) is 0 Å². The van der Waals surface area contributed by atoms with Crippen LogP contribution < -0.4 is 0 Å². The second-order valence-corrected chi connectivity index (χ2v) is 7.76. The van der Waals surface area contributed by atoms with Crippen molar-refractivity contribution in [2.45, 2.75) is 31.5 Å². The molecule has 2 aliphatic rings. The van der Waals surface area contributed by atoms with E-state index in [-0.39, 0.29) is 6.09 Å². The normalized spacial score (nSPS) is 27.3. The second-order valence-electron chi connectivity index (χ2n) is 7.76. The highest BCUT2D eigenvalue weighted by Crippen LogP contribution is 2.45. The number of likely N-dealkylation sites (tertiary alicyclic amines) is 1.